The molecule has 1 rings (SSSR count). The quantitative estimate of drug-likeness (QED) is 0.737. The van der Waals surface area contributed by atoms with E-state index in [4.69, 9.17) is 5.73 Å². The first-order valence-electron chi connectivity index (χ1n) is 6.80. The predicted molar refractivity (Wildman–Crippen MR) is 80.2 cm³/mol. The van der Waals surface area contributed by atoms with E-state index in [-0.39, 0.29) is 5.91 Å². The number of anilines is 1. The minimum Gasteiger partial charge on any atom is -0.375 e. The molecule has 1 aromatic carbocycles. The van der Waals surface area contributed by atoms with Crippen LogP contribution in [0, 0.1) is 0 Å². The lowest BCUT2D eigenvalue weighted by molar-refractivity contribution is -0.125. The summed E-state index contributed by atoms with van der Waals surface area (Å²) in [7, 11) is 2.05. The molecule has 0 fully saturated rings. The number of benzene rings is 1. The minimum atomic E-state index is -0.759. The Kier molecular flexibility index (Phi) is 5.83. The zero-order valence-electron chi connectivity index (χ0n) is 12.1. The van der Waals surface area contributed by atoms with Crippen LogP contribution in [-0.2, 0) is 4.79 Å². The molecule has 4 nitrogen and oxygen atoms in total. The third kappa shape index (κ3) is 4.91. The van der Waals surface area contributed by atoms with Gasteiger partial charge in [-0.15, -0.1) is 0 Å². The summed E-state index contributed by atoms with van der Waals surface area (Å²) in [5, 5.41) is 2.89. The lowest BCUT2D eigenvalue weighted by Crippen LogP contribution is -2.51. The van der Waals surface area contributed by atoms with Crippen molar-refractivity contribution < 1.29 is 4.79 Å². The summed E-state index contributed by atoms with van der Waals surface area (Å²) < 4.78 is 0. The average molecular weight is 263 g/mol. The smallest absolute Gasteiger partial charge is 0.239 e. The van der Waals surface area contributed by atoms with Gasteiger partial charge in [0.25, 0.3) is 0 Å². The molecule has 1 unspecified atom stereocenters. The Morgan fingerprint density at radius 1 is 1.37 bits per heavy atom. The SMILES string of the molecule is CCC(C)(N)C(=O)NCCCN(C)c1ccccc1. The first-order valence-corrected chi connectivity index (χ1v) is 6.80. The lowest BCUT2D eigenvalue weighted by Gasteiger charge is -2.22. The van der Waals surface area contributed by atoms with E-state index in [1.54, 1.807) is 6.92 Å². The predicted octanol–water partition coefficient (Wildman–Crippen LogP) is 1.76. The van der Waals surface area contributed by atoms with Crippen LogP contribution >= 0.6 is 0 Å². The number of carbonyl (C=O) groups is 1. The normalized spacial score (nSPS) is 13.7. The monoisotopic (exact) mass is 263 g/mol. The van der Waals surface area contributed by atoms with Gasteiger partial charge in [-0.2, -0.15) is 0 Å². The van der Waals surface area contributed by atoms with Gasteiger partial charge in [-0.3, -0.25) is 4.79 Å². The minimum absolute atomic E-state index is 0.0719. The highest BCUT2D eigenvalue weighted by molar-refractivity contribution is 5.85. The molecule has 0 bridgehead atoms. The molecule has 19 heavy (non-hydrogen) atoms. The molecule has 1 atom stereocenters. The maximum Gasteiger partial charge on any atom is 0.239 e. The molecule has 4 heteroatoms. The molecule has 0 saturated carbocycles. The van der Waals surface area contributed by atoms with Gasteiger partial charge in [-0.1, -0.05) is 25.1 Å². The van der Waals surface area contributed by atoms with Crippen molar-refractivity contribution in [3.05, 3.63) is 30.3 Å². The number of carbonyl (C=O) groups excluding carboxylic acids is 1. The summed E-state index contributed by atoms with van der Waals surface area (Å²) in [6, 6.07) is 10.2. The Bertz CT molecular complexity index is 390. The molecule has 3 N–H and O–H groups in total. The molecule has 0 aliphatic heterocycles. The van der Waals surface area contributed by atoms with Gasteiger partial charge < -0.3 is 16.0 Å². The molecule has 1 aromatic rings. The highest BCUT2D eigenvalue weighted by Gasteiger charge is 2.25. The van der Waals surface area contributed by atoms with Gasteiger partial charge in [0.05, 0.1) is 5.54 Å². The fraction of sp³-hybridized carbons (Fsp3) is 0.533. The van der Waals surface area contributed by atoms with E-state index >= 15 is 0 Å². The van der Waals surface area contributed by atoms with Crippen LogP contribution in [-0.4, -0.2) is 31.6 Å². The average Bonchev–Trinajstić information content (AvgIpc) is 2.43. The third-order valence-corrected chi connectivity index (χ3v) is 3.41. The number of hydrogen-bond acceptors (Lipinski definition) is 3. The molecular weight excluding hydrogens is 238 g/mol. The number of hydrogen-bond donors (Lipinski definition) is 2. The van der Waals surface area contributed by atoms with Crippen molar-refractivity contribution in [1.82, 2.24) is 5.32 Å². The highest BCUT2D eigenvalue weighted by Crippen LogP contribution is 2.10. The van der Waals surface area contributed by atoms with Gasteiger partial charge >= 0.3 is 0 Å². The second-order valence-corrected chi connectivity index (χ2v) is 5.14. The van der Waals surface area contributed by atoms with Crippen LogP contribution in [0.5, 0.6) is 0 Å². The van der Waals surface area contributed by atoms with E-state index in [0.717, 1.165) is 13.0 Å². The lowest BCUT2D eigenvalue weighted by atomic mass is 10.00. The van der Waals surface area contributed by atoms with Crippen molar-refractivity contribution in [3.63, 3.8) is 0 Å². The Hall–Kier alpha value is -1.55. The maximum absolute atomic E-state index is 11.8. The van der Waals surface area contributed by atoms with Crippen molar-refractivity contribution in [3.8, 4) is 0 Å². The van der Waals surface area contributed by atoms with E-state index in [1.165, 1.54) is 5.69 Å². The number of nitrogens with zero attached hydrogens (tertiary/aromatic N) is 1. The van der Waals surface area contributed by atoms with Crippen molar-refractivity contribution in [2.45, 2.75) is 32.2 Å². The molecule has 106 valence electrons. The zero-order valence-corrected chi connectivity index (χ0v) is 12.1. The number of amides is 1. The summed E-state index contributed by atoms with van der Waals surface area (Å²) in [5.41, 5.74) is 6.30. The van der Waals surface area contributed by atoms with Crippen molar-refractivity contribution in [1.29, 1.82) is 0 Å². The maximum atomic E-state index is 11.8. The first-order chi connectivity index (χ1) is 8.97. The molecular formula is C15H25N3O. The highest BCUT2D eigenvalue weighted by atomic mass is 16.2. The Morgan fingerprint density at radius 3 is 2.58 bits per heavy atom. The van der Waals surface area contributed by atoms with Crippen LogP contribution < -0.4 is 16.0 Å². The van der Waals surface area contributed by atoms with Gasteiger partial charge in [-0.05, 0) is 31.9 Å². The first kappa shape index (κ1) is 15.5. The van der Waals surface area contributed by atoms with Crippen LogP contribution in [0.2, 0.25) is 0 Å². The second kappa shape index (κ2) is 7.14. The molecule has 1 amide bonds. The zero-order chi connectivity index (χ0) is 14.3. The van der Waals surface area contributed by atoms with Gasteiger partial charge in [0.1, 0.15) is 0 Å². The fourth-order valence-corrected chi connectivity index (χ4v) is 1.69. The third-order valence-electron chi connectivity index (χ3n) is 3.41. The topological polar surface area (TPSA) is 58.4 Å². The Balaban J connectivity index is 2.27. The summed E-state index contributed by atoms with van der Waals surface area (Å²) >= 11 is 0. The fourth-order valence-electron chi connectivity index (χ4n) is 1.69. The van der Waals surface area contributed by atoms with E-state index < -0.39 is 5.54 Å². The Labute approximate surface area is 116 Å². The van der Waals surface area contributed by atoms with Crippen LogP contribution in [0.3, 0.4) is 0 Å². The van der Waals surface area contributed by atoms with E-state index in [0.29, 0.717) is 13.0 Å². The number of nitrogens with one attached hydrogen (secondary N) is 1. The summed E-state index contributed by atoms with van der Waals surface area (Å²) in [6.45, 7) is 5.24. The number of rotatable bonds is 7. The van der Waals surface area contributed by atoms with Crippen molar-refractivity contribution in [2.24, 2.45) is 5.73 Å². The van der Waals surface area contributed by atoms with Crippen LogP contribution in [0.25, 0.3) is 0 Å². The van der Waals surface area contributed by atoms with Crippen molar-refractivity contribution in [2.75, 3.05) is 25.0 Å². The van der Waals surface area contributed by atoms with Gasteiger partial charge in [-0.25, -0.2) is 0 Å². The van der Waals surface area contributed by atoms with Crippen molar-refractivity contribution >= 4 is 11.6 Å². The van der Waals surface area contributed by atoms with E-state index in [1.807, 2.05) is 25.1 Å². The van der Waals surface area contributed by atoms with Gasteiger partial charge in [0.2, 0.25) is 5.91 Å². The van der Waals surface area contributed by atoms with Crippen LogP contribution in [0.4, 0.5) is 5.69 Å². The molecule has 0 spiro atoms. The second-order valence-electron chi connectivity index (χ2n) is 5.14. The summed E-state index contributed by atoms with van der Waals surface area (Å²) in [4.78, 5) is 13.9. The Morgan fingerprint density at radius 2 is 2.00 bits per heavy atom. The van der Waals surface area contributed by atoms with E-state index in [9.17, 15) is 4.79 Å². The molecule has 0 saturated heterocycles. The van der Waals surface area contributed by atoms with Gasteiger partial charge in [0, 0.05) is 25.8 Å². The van der Waals surface area contributed by atoms with Crippen LogP contribution in [0.15, 0.2) is 30.3 Å². The molecule has 0 aromatic heterocycles. The van der Waals surface area contributed by atoms with Crippen LogP contribution in [0.1, 0.15) is 26.7 Å². The molecule has 0 heterocycles. The standard InChI is InChI=1S/C15H25N3O/c1-4-15(2,16)14(19)17-11-8-12-18(3)13-9-6-5-7-10-13/h5-7,9-10H,4,8,11-12,16H2,1-3H3,(H,17,19). The van der Waals surface area contributed by atoms with E-state index in [2.05, 4.69) is 29.4 Å². The largest absolute Gasteiger partial charge is 0.375 e. The summed E-state index contributed by atoms with van der Waals surface area (Å²) in [5.74, 6) is -0.0719. The van der Waals surface area contributed by atoms with Gasteiger partial charge in [0.15, 0.2) is 0 Å². The summed E-state index contributed by atoms with van der Waals surface area (Å²) in [6.07, 6.45) is 1.54. The number of para-hydroxylation sites is 1. The molecule has 0 radical (unpaired) electrons. The molecule has 0 aliphatic carbocycles. The molecule has 0 aliphatic rings. The number of nitrogens with two attached hydrogens (primary N) is 1.